The number of benzene rings is 1. The van der Waals surface area contributed by atoms with E-state index >= 15 is 0 Å². The van der Waals surface area contributed by atoms with Gasteiger partial charge in [0.05, 0.1) is 0 Å². The molecule has 0 atom stereocenters. The Morgan fingerprint density at radius 1 is 1.14 bits per heavy atom. The Balaban J connectivity index is 1.89. The van der Waals surface area contributed by atoms with Crippen LogP contribution in [0.5, 0.6) is 0 Å². The van der Waals surface area contributed by atoms with Crippen LogP contribution in [-0.2, 0) is 4.79 Å². The largest absolute Gasteiger partial charge is 0.369 e. The number of amides is 1. The van der Waals surface area contributed by atoms with Crippen molar-refractivity contribution in [2.24, 2.45) is 0 Å². The van der Waals surface area contributed by atoms with Crippen LogP contribution in [-0.4, -0.2) is 43.5 Å². The zero-order chi connectivity index (χ0) is 15.8. The number of hydrogen-bond donors (Lipinski definition) is 1. The van der Waals surface area contributed by atoms with Crippen molar-refractivity contribution >= 4 is 17.3 Å². The van der Waals surface area contributed by atoms with Crippen LogP contribution in [0.15, 0.2) is 48.6 Å². The molecule has 118 valence electrons. The van der Waals surface area contributed by atoms with Crippen molar-refractivity contribution in [3.63, 3.8) is 0 Å². The highest BCUT2D eigenvalue weighted by Crippen LogP contribution is 2.19. The van der Waals surface area contributed by atoms with Gasteiger partial charge in [0.25, 0.3) is 0 Å². The first-order valence-corrected chi connectivity index (χ1v) is 7.90. The van der Waals surface area contributed by atoms with E-state index in [9.17, 15) is 4.79 Å². The number of carbonyl (C=O) groups excluding carboxylic acids is 1. The summed E-state index contributed by atoms with van der Waals surface area (Å²) in [5.74, 6) is -0.109. The maximum atomic E-state index is 11.7. The summed E-state index contributed by atoms with van der Waals surface area (Å²) in [5.41, 5.74) is 2.05. The van der Waals surface area contributed by atoms with Crippen LogP contribution in [0.25, 0.3) is 0 Å². The van der Waals surface area contributed by atoms with Crippen LogP contribution < -0.4 is 10.2 Å². The van der Waals surface area contributed by atoms with E-state index in [1.165, 1.54) is 11.8 Å². The van der Waals surface area contributed by atoms with E-state index in [1.807, 2.05) is 31.2 Å². The molecule has 1 N–H and O–H groups in total. The fourth-order valence-electron chi connectivity index (χ4n) is 2.52. The molecule has 1 fully saturated rings. The van der Waals surface area contributed by atoms with Crippen LogP contribution in [0, 0.1) is 0 Å². The summed E-state index contributed by atoms with van der Waals surface area (Å²) in [6, 6.07) is 8.08. The standard InChI is InChI=1S/C18H25N3O/c1-3-5-6-7-18(22)19-16-8-10-17(11-9-16)21-14-12-20(4-2)13-15-21/h3,5-11H,4,12-15H2,1-2H3,(H,19,22)/b5-3+,7-6+. The molecule has 4 heteroatoms. The predicted molar refractivity (Wildman–Crippen MR) is 93.4 cm³/mol. The SMILES string of the molecule is C/C=C/C=C/C(=O)Nc1ccc(N2CCN(CC)CC2)cc1. The highest BCUT2D eigenvalue weighted by atomic mass is 16.1. The van der Waals surface area contributed by atoms with E-state index in [1.54, 1.807) is 6.08 Å². The predicted octanol–water partition coefficient (Wildman–Crippen LogP) is 2.90. The number of likely N-dealkylation sites (N-methyl/N-ethyl adjacent to an activating group) is 1. The number of anilines is 2. The second-order valence-electron chi connectivity index (χ2n) is 5.34. The quantitative estimate of drug-likeness (QED) is 0.671. The summed E-state index contributed by atoms with van der Waals surface area (Å²) in [7, 11) is 0. The van der Waals surface area contributed by atoms with Gasteiger partial charge in [0, 0.05) is 43.6 Å². The molecule has 1 heterocycles. The van der Waals surface area contributed by atoms with Gasteiger partial charge in [0.2, 0.25) is 5.91 Å². The minimum atomic E-state index is -0.109. The van der Waals surface area contributed by atoms with Gasteiger partial charge in [-0.1, -0.05) is 25.2 Å². The van der Waals surface area contributed by atoms with Crippen molar-refractivity contribution in [1.29, 1.82) is 0 Å². The van der Waals surface area contributed by atoms with Gasteiger partial charge in [-0.25, -0.2) is 0 Å². The lowest BCUT2D eigenvalue weighted by atomic mass is 10.2. The third-order valence-electron chi connectivity index (χ3n) is 3.87. The number of carbonyl (C=O) groups is 1. The molecular weight excluding hydrogens is 274 g/mol. The lowest BCUT2D eigenvalue weighted by molar-refractivity contribution is -0.111. The van der Waals surface area contributed by atoms with Crippen LogP contribution in [0.1, 0.15) is 13.8 Å². The average Bonchev–Trinajstić information content (AvgIpc) is 2.56. The Morgan fingerprint density at radius 2 is 1.82 bits per heavy atom. The lowest BCUT2D eigenvalue weighted by Gasteiger charge is -2.35. The van der Waals surface area contributed by atoms with Crippen molar-refractivity contribution in [2.45, 2.75) is 13.8 Å². The molecule has 2 rings (SSSR count). The Morgan fingerprint density at radius 3 is 2.41 bits per heavy atom. The van der Waals surface area contributed by atoms with Gasteiger partial charge in [-0.2, -0.15) is 0 Å². The molecule has 0 spiro atoms. The van der Waals surface area contributed by atoms with Crippen molar-refractivity contribution < 1.29 is 4.79 Å². The van der Waals surface area contributed by atoms with Gasteiger partial charge >= 0.3 is 0 Å². The smallest absolute Gasteiger partial charge is 0.248 e. The van der Waals surface area contributed by atoms with Crippen LogP contribution in [0.2, 0.25) is 0 Å². The first-order chi connectivity index (χ1) is 10.7. The van der Waals surface area contributed by atoms with E-state index in [-0.39, 0.29) is 5.91 Å². The Labute approximate surface area is 133 Å². The highest BCUT2D eigenvalue weighted by molar-refractivity contribution is 5.99. The molecule has 1 amide bonds. The molecule has 1 aliphatic heterocycles. The zero-order valence-corrected chi connectivity index (χ0v) is 13.5. The van der Waals surface area contributed by atoms with Crippen molar-refractivity contribution in [3.05, 3.63) is 48.6 Å². The van der Waals surface area contributed by atoms with E-state index in [2.05, 4.69) is 34.2 Å². The average molecular weight is 299 g/mol. The van der Waals surface area contributed by atoms with Gasteiger partial charge in [-0.3, -0.25) is 4.79 Å². The topological polar surface area (TPSA) is 35.6 Å². The second-order valence-corrected chi connectivity index (χ2v) is 5.34. The van der Waals surface area contributed by atoms with Crippen molar-refractivity contribution in [3.8, 4) is 0 Å². The van der Waals surface area contributed by atoms with E-state index < -0.39 is 0 Å². The molecule has 1 aromatic carbocycles. The number of hydrogen-bond acceptors (Lipinski definition) is 3. The van der Waals surface area contributed by atoms with Gasteiger partial charge < -0.3 is 15.1 Å². The molecule has 0 unspecified atom stereocenters. The van der Waals surface area contributed by atoms with E-state index in [0.717, 1.165) is 38.4 Å². The number of nitrogens with zero attached hydrogens (tertiary/aromatic N) is 2. The number of nitrogens with one attached hydrogen (secondary N) is 1. The third kappa shape index (κ3) is 4.74. The first-order valence-electron chi connectivity index (χ1n) is 7.90. The maximum absolute atomic E-state index is 11.7. The number of rotatable bonds is 5. The summed E-state index contributed by atoms with van der Waals surface area (Å²) in [6.07, 6.45) is 6.98. The fourth-order valence-corrected chi connectivity index (χ4v) is 2.52. The molecule has 22 heavy (non-hydrogen) atoms. The zero-order valence-electron chi connectivity index (χ0n) is 13.5. The minimum absolute atomic E-state index is 0.109. The van der Waals surface area contributed by atoms with E-state index in [0.29, 0.717) is 0 Å². The first kappa shape index (κ1) is 16.3. The molecule has 1 aliphatic rings. The molecule has 0 aliphatic carbocycles. The minimum Gasteiger partial charge on any atom is -0.369 e. The summed E-state index contributed by atoms with van der Waals surface area (Å²) in [5, 5.41) is 2.86. The normalized spacial score (nSPS) is 16.5. The highest BCUT2D eigenvalue weighted by Gasteiger charge is 2.15. The van der Waals surface area contributed by atoms with Crippen LogP contribution >= 0.6 is 0 Å². The van der Waals surface area contributed by atoms with Gasteiger partial charge in [-0.15, -0.1) is 0 Å². The Bertz CT molecular complexity index is 526. The van der Waals surface area contributed by atoms with Gasteiger partial charge in [0.15, 0.2) is 0 Å². The molecular formula is C18H25N3O. The van der Waals surface area contributed by atoms with E-state index in [4.69, 9.17) is 0 Å². The summed E-state index contributed by atoms with van der Waals surface area (Å²) >= 11 is 0. The number of piperazine rings is 1. The van der Waals surface area contributed by atoms with Crippen LogP contribution in [0.4, 0.5) is 11.4 Å². The van der Waals surface area contributed by atoms with Crippen molar-refractivity contribution in [2.75, 3.05) is 42.9 Å². The third-order valence-corrected chi connectivity index (χ3v) is 3.87. The van der Waals surface area contributed by atoms with Crippen molar-refractivity contribution in [1.82, 2.24) is 4.90 Å². The summed E-state index contributed by atoms with van der Waals surface area (Å²) in [4.78, 5) is 16.5. The molecule has 0 radical (unpaired) electrons. The summed E-state index contributed by atoms with van der Waals surface area (Å²) in [6.45, 7) is 9.60. The Hall–Kier alpha value is -2.07. The Kier molecular flexibility index (Phi) is 6.22. The monoisotopic (exact) mass is 299 g/mol. The molecule has 0 saturated carbocycles. The maximum Gasteiger partial charge on any atom is 0.248 e. The van der Waals surface area contributed by atoms with Gasteiger partial charge in [-0.05, 0) is 37.7 Å². The molecule has 1 saturated heterocycles. The number of allylic oxidation sites excluding steroid dienone is 3. The molecule has 0 aromatic heterocycles. The lowest BCUT2D eigenvalue weighted by Crippen LogP contribution is -2.46. The summed E-state index contributed by atoms with van der Waals surface area (Å²) < 4.78 is 0. The fraction of sp³-hybridized carbons (Fsp3) is 0.389. The van der Waals surface area contributed by atoms with Crippen LogP contribution in [0.3, 0.4) is 0 Å². The molecule has 0 bridgehead atoms. The van der Waals surface area contributed by atoms with Gasteiger partial charge in [0.1, 0.15) is 0 Å². The molecule has 1 aromatic rings. The molecule has 4 nitrogen and oxygen atoms in total. The second kappa shape index (κ2) is 8.39.